The van der Waals surface area contributed by atoms with E-state index in [0.29, 0.717) is 31.2 Å². The smallest absolute Gasteiger partial charge is 0.238 e. The third-order valence-corrected chi connectivity index (χ3v) is 7.16. The standard InChI is InChI=1S/C21H25BrClN3O3S/c1-16-3-8-19(23)13-20(16)24-9-11-25(12-10-24)21(27)15-26(30(2,28)29)14-17-4-6-18(22)7-5-17/h3-8,13H,9-12,14-15H2,1-2H3. The Morgan fingerprint density at radius 2 is 1.73 bits per heavy atom. The molecule has 3 rings (SSSR count). The molecule has 30 heavy (non-hydrogen) atoms. The third-order valence-electron chi connectivity index (χ3n) is 5.20. The second-order valence-electron chi connectivity index (χ2n) is 7.46. The number of carbonyl (C=O) groups excluding carboxylic acids is 1. The van der Waals surface area contributed by atoms with Gasteiger partial charge in [-0.1, -0.05) is 45.7 Å². The minimum Gasteiger partial charge on any atom is -0.368 e. The van der Waals surface area contributed by atoms with Gasteiger partial charge in [0.15, 0.2) is 0 Å². The van der Waals surface area contributed by atoms with Crippen molar-refractivity contribution in [2.75, 3.05) is 43.9 Å². The van der Waals surface area contributed by atoms with Gasteiger partial charge >= 0.3 is 0 Å². The van der Waals surface area contributed by atoms with Crippen LogP contribution in [-0.4, -0.2) is 62.5 Å². The zero-order valence-corrected chi connectivity index (χ0v) is 20.2. The van der Waals surface area contributed by atoms with Crippen LogP contribution in [0.2, 0.25) is 5.02 Å². The summed E-state index contributed by atoms with van der Waals surface area (Å²) in [4.78, 5) is 16.8. The maximum Gasteiger partial charge on any atom is 0.238 e. The number of amides is 1. The number of piperazine rings is 1. The molecule has 0 radical (unpaired) electrons. The van der Waals surface area contributed by atoms with Crippen LogP contribution in [0.25, 0.3) is 0 Å². The number of nitrogens with zero attached hydrogens (tertiary/aromatic N) is 3. The van der Waals surface area contributed by atoms with E-state index in [0.717, 1.165) is 27.5 Å². The topological polar surface area (TPSA) is 60.9 Å². The first-order valence-corrected chi connectivity index (χ1v) is 12.6. The van der Waals surface area contributed by atoms with Gasteiger partial charge < -0.3 is 9.80 Å². The van der Waals surface area contributed by atoms with E-state index in [1.54, 1.807) is 4.90 Å². The van der Waals surface area contributed by atoms with Crippen molar-refractivity contribution < 1.29 is 13.2 Å². The highest BCUT2D eigenvalue weighted by molar-refractivity contribution is 9.10. The number of halogens is 2. The largest absolute Gasteiger partial charge is 0.368 e. The SMILES string of the molecule is Cc1ccc(Cl)cc1N1CCN(C(=O)CN(Cc2ccc(Br)cc2)S(C)(=O)=O)CC1. The van der Waals surface area contributed by atoms with E-state index in [2.05, 4.69) is 20.8 Å². The second kappa shape index (κ2) is 9.68. The fourth-order valence-corrected chi connectivity index (χ4v) is 4.61. The molecule has 0 atom stereocenters. The van der Waals surface area contributed by atoms with Crippen molar-refractivity contribution in [2.45, 2.75) is 13.5 Å². The van der Waals surface area contributed by atoms with Crippen LogP contribution in [0.4, 0.5) is 5.69 Å². The van der Waals surface area contributed by atoms with E-state index in [1.807, 2.05) is 49.4 Å². The van der Waals surface area contributed by atoms with Crippen molar-refractivity contribution in [1.29, 1.82) is 0 Å². The summed E-state index contributed by atoms with van der Waals surface area (Å²) in [7, 11) is -3.52. The first kappa shape index (κ1) is 23.1. The lowest BCUT2D eigenvalue weighted by molar-refractivity contribution is -0.131. The molecular weight excluding hydrogens is 490 g/mol. The van der Waals surface area contributed by atoms with Crippen LogP contribution in [-0.2, 0) is 21.4 Å². The van der Waals surface area contributed by atoms with Gasteiger partial charge in [-0.25, -0.2) is 8.42 Å². The molecule has 0 N–H and O–H groups in total. The number of sulfonamides is 1. The molecule has 1 fully saturated rings. The van der Waals surface area contributed by atoms with Crippen LogP contribution < -0.4 is 4.90 Å². The number of hydrogen-bond acceptors (Lipinski definition) is 4. The Bertz CT molecular complexity index is 1010. The Balaban J connectivity index is 1.63. The summed E-state index contributed by atoms with van der Waals surface area (Å²) in [6.45, 7) is 4.48. The minimum absolute atomic E-state index is 0.162. The summed E-state index contributed by atoms with van der Waals surface area (Å²) in [5, 5.41) is 0.686. The first-order chi connectivity index (χ1) is 14.1. The summed E-state index contributed by atoms with van der Waals surface area (Å²) in [5.41, 5.74) is 3.04. The summed E-state index contributed by atoms with van der Waals surface area (Å²) >= 11 is 9.50. The van der Waals surface area contributed by atoms with Gasteiger partial charge in [0.1, 0.15) is 0 Å². The van der Waals surface area contributed by atoms with E-state index in [1.165, 1.54) is 4.31 Å². The Kier molecular flexibility index (Phi) is 7.44. The predicted octanol–water partition coefficient (Wildman–Crippen LogP) is 3.52. The van der Waals surface area contributed by atoms with Crippen LogP contribution in [0.15, 0.2) is 46.9 Å². The summed E-state index contributed by atoms with van der Waals surface area (Å²) in [5.74, 6) is -0.181. The Morgan fingerprint density at radius 1 is 1.10 bits per heavy atom. The van der Waals surface area contributed by atoms with Crippen molar-refractivity contribution in [2.24, 2.45) is 0 Å². The Morgan fingerprint density at radius 3 is 2.33 bits per heavy atom. The maximum atomic E-state index is 12.8. The summed E-state index contributed by atoms with van der Waals surface area (Å²) in [6, 6.07) is 13.2. The number of rotatable bonds is 6. The lowest BCUT2D eigenvalue weighted by atomic mass is 10.1. The molecule has 1 aliphatic rings. The maximum absolute atomic E-state index is 12.8. The molecule has 0 saturated carbocycles. The van der Waals surface area contributed by atoms with Gasteiger partial charge in [0, 0.05) is 47.9 Å². The molecule has 0 unspecified atom stereocenters. The number of benzene rings is 2. The first-order valence-electron chi connectivity index (χ1n) is 9.62. The molecule has 162 valence electrons. The molecule has 0 aliphatic carbocycles. The second-order valence-corrected chi connectivity index (χ2v) is 10.8. The van der Waals surface area contributed by atoms with Crippen LogP contribution in [0.5, 0.6) is 0 Å². The van der Waals surface area contributed by atoms with Crippen LogP contribution in [0.3, 0.4) is 0 Å². The molecular formula is C21H25BrClN3O3S. The van der Waals surface area contributed by atoms with E-state index < -0.39 is 10.0 Å². The van der Waals surface area contributed by atoms with E-state index in [-0.39, 0.29) is 19.0 Å². The molecule has 1 heterocycles. The van der Waals surface area contributed by atoms with Gasteiger partial charge in [-0.05, 0) is 42.3 Å². The monoisotopic (exact) mass is 513 g/mol. The van der Waals surface area contributed by atoms with E-state index in [9.17, 15) is 13.2 Å². The number of hydrogen-bond donors (Lipinski definition) is 0. The fourth-order valence-electron chi connectivity index (χ4n) is 3.45. The normalized spacial score (nSPS) is 15.0. The lowest BCUT2D eigenvalue weighted by Crippen LogP contribution is -2.51. The van der Waals surface area contributed by atoms with E-state index in [4.69, 9.17) is 11.6 Å². The van der Waals surface area contributed by atoms with Crippen molar-refractivity contribution in [3.8, 4) is 0 Å². The highest BCUT2D eigenvalue weighted by Gasteiger charge is 2.27. The van der Waals surface area contributed by atoms with Crippen LogP contribution in [0.1, 0.15) is 11.1 Å². The molecule has 2 aromatic carbocycles. The molecule has 0 spiro atoms. The zero-order valence-electron chi connectivity index (χ0n) is 17.0. The van der Waals surface area contributed by atoms with Gasteiger partial charge in [0.2, 0.25) is 15.9 Å². The predicted molar refractivity (Wildman–Crippen MR) is 124 cm³/mol. The molecule has 0 aromatic heterocycles. The van der Waals surface area contributed by atoms with Gasteiger partial charge in [-0.15, -0.1) is 0 Å². The quantitative estimate of drug-likeness (QED) is 0.592. The summed E-state index contributed by atoms with van der Waals surface area (Å²) in [6.07, 6.45) is 1.14. The zero-order chi connectivity index (χ0) is 21.9. The van der Waals surface area contributed by atoms with E-state index >= 15 is 0 Å². The third kappa shape index (κ3) is 5.97. The number of aryl methyl sites for hydroxylation is 1. The minimum atomic E-state index is -3.52. The molecule has 1 saturated heterocycles. The van der Waals surface area contributed by atoms with Crippen molar-refractivity contribution in [3.63, 3.8) is 0 Å². The average Bonchev–Trinajstić information content (AvgIpc) is 2.70. The van der Waals surface area contributed by atoms with Crippen molar-refractivity contribution in [1.82, 2.24) is 9.21 Å². The molecule has 1 aliphatic heterocycles. The van der Waals surface area contributed by atoms with Gasteiger partial charge in [0.05, 0.1) is 12.8 Å². The molecule has 2 aromatic rings. The van der Waals surface area contributed by atoms with Crippen molar-refractivity contribution in [3.05, 3.63) is 63.1 Å². The fraction of sp³-hybridized carbons (Fsp3) is 0.381. The van der Waals surface area contributed by atoms with Crippen LogP contribution in [0, 0.1) is 6.92 Å². The van der Waals surface area contributed by atoms with Crippen molar-refractivity contribution >= 4 is 49.1 Å². The Hall–Kier alpha value is -1.61. The number of anilines is 1. The molecule has 9 heteroatoms. The lowest BCUT2D eigenvalue weighted by Gasteiger charge is -2.37. The van der Waals surface area contributed by atoms with Crippen LogP contribution >= 0.6 is 27.5 Å². The average molecular weight is 515 g/mol. The molecule has 0 bridgehead atoms. The molecule has 6 nitrogen and oxygen atoms in total. The Labute approximate surface area is 191 Å². The van der Waals surface area contributed by atoms with Gasteiger partial charge in [-0.3, -0.25) is 4.79 Å². The molecule has 1 amide bonds. The van der Waals surface area contributed by atoms with Gasteiger partial charge in [0.25, 0.3) is 0 Å². The summed E-state index contributed by atoms with van der Waals surface area (Å²) < 4.78 is 26.7. The van der Waals surface area contributed by atoms with Gasteiger partial charge in [-0.2, -0.15) is 4.31 Å². The highest BCUT2D eigenvalue weighted by Crippen LogP contribution is 2.25. The number of carbonyl (C=O) groups is 1. The highest BCUT2D eigenvalue weighted by atomic mass is 79.9.